The predicted octanol–water partition coefficient (Wildman–Crippen LogP) is 2.83. The van der Waals surface area contributed by atoms with E-state index in [2.05, 4.69) is 32.9 Å². The van der Waals surface area contributed by atoms with E-state index in [0.29, 0.717) is 24.6 Å². The molecule has 0 aliphatic rings. The van der Waals surface area contributed by atoms with Gasteiger partial charge in [-0.15, -0.1) is 0 Å². The van der Waals surface area contributed by atoms with Crippen LogP contribution in [0.2, 0.25) is 0 Å². The van der Waals surface area contributed by atoms with E-state index in [4.69, 9.17) is 0 Å². The molecule has 1 aromatic rings. The average Bonchev–Trinajstić information content (AvgIpc) is 2.52. The first-order valence-corrected chi connectivity index (χ1v) is 6.05. The molecule has 6 nitrogen and oxygen atoms in total. The molecule has 0 aliphatic heterocycles. The summed E-state index contributed by atoms with van der Waals surface area (Å²) in [5.41, 5.74) is 0.457. The summed E-state index contributed by atoms with van der Waals surface area (Å²) < 4.78 is 2.36. The summed E-state index contributed by atoms with van der Waals surface area (Å²) in [5, 5.41) is 18.1. The first-order valence-electron chi connectivity index (χ1n) is 5.26. The molecule has 0 radical (unpaired) electrons. The van der Waals surface area contributed by atoms with E-state index in [-0.39, 0.29) is 5.69 Å². The lowest BCUT2D eigenvalue weighted by molar-refractivity contribution is -0.384. The molecule has 94 valence electrons. The van der Waals surface area contributed by atoms with Crippen LogP contribution in [-0.2, 0) is 6.54 Å². The number of rotatable bonds is 6. The van der Waals surface area contributed by atoms with Gasteiger partial charge in [0.1, 0.15) is 5.69 Å². The lowest BCUT2D eigenvalue weighted by atomic mass is 10.4. The minimum atomic E-state index is -0.409. The van der Waals surface area contributed by atoms with Crippen LogP contribution in [0.3, 0.4) is 0 Å². The Bertz CT molecular complexity index is 442. The molecule has 0 spiro atoms. The first kappa shape index (κ1) is 13.7. The van der Waals surface area contributed by atoms with Gasteiger partial charge in [0.2, 0.25) is 5.82 Å². The van der Waals surface area contributed by atoms with E-state index in [0.717, 1.165) is 10.9 Å². The quantitative estimate of drug-likeness (QED) is 0.648. The van der Waals surface area contributed by atoms with Gasteiger partial charge >= 0.3 is 5.69 Å². The second kappa shape index (κ2) is 5.81. The molecule has 0 aromatic carbocycles. The third-order valence-electron chi connectivity index (χ3n) is 2.16. The fourth-order valence-corrected chi connectivity index (χ4v) is 1.66. The van der Waals surface area contributed by atoms with Crippen LogP contribution in [0.15, 0.2) is 11.1 Å². The van der Waals surface area contributed by atoms with Gasteiger partial charge in [0.05, 0.1) is 4.92 Å². The number of halogens is 1. The minimum Gasteiger partial charge on any atom is -0.360 e. The molecule has 7 heteroatoms. The third-order valence-corrected chi connectivity index (χ3v) is 2.44. The van der Waals surface area contributed by atoms with Crippen molar-refractivity contribution in [2.45, 2.75) is 26.8 Å². The second-order valence-corrected chi connectivity index (χ2v) is 4.76. The molecule has 0 aliphatic carbocycles. The van der Waals surface area contributed by atoms with Crippen LogP contribution in [0.1, 0.15) is 19.0 Å². The van der Waals surface area contributed by atoms with Crippen molar-refractivity contribution < 1.29 is 4.92 Å². The van der Waals surface area contributed by atoms with Crippen molar-refractivity contribution in [3.8, 4) is 0 Å². The Balaban J connectivity index is 3.10. The molecule has 0 saturated carbocycles. The summed E-state index contributed by atoms with van der Waals surface area (Å²) >= 11 is 3.21. The highest BCUT2D eigenvalue weighted by molar-refractivity contribution is 9.11. The number of aryl methyl sites for hydroxylation is 2. The van der Waals surface area contributed by atoms with E-state index in [1.165, 1.54) is 0 Å². The lowest BCUT2D eigenvalue weighted by Gasteiger charge is -2.07. The van der Waals surface area contributed by atoms with Gasteiger partial charge in [-0.05, 0) is 13.3 Å². The molecule has 0 saturated heterocycles. The van der Waals surface area contributed by atoms with Gasteiger partial charge in [-0.1, -0.05) is 29.4 Å². The van der Waals surface area contributed by atoms with Gasteiger partial charge in [-0.2, -0.15) is 5.10 Å². The zero-order valence-electron chi connectivity index (χ0n) is 9.86. The van der Waals surface area contributed by atoms with Crippen molar-refractivity contribution >= 4 is 27.4 Å². The van der Waals surface area contributed by atoms with Crippen molar-refractivity contribution in [3.63, 3.8) is 0 Å². The summed E-state index contributed by atoms with van der Waals surface area (Å²) in [4.78, 5) is 10.6. The zero-order chi connectivity index (χ0) is 13.0. The molecule has 0 amide bonds. The van der Waals surface area contributed by atoms with Crippen molar-refractivity contribution in [2.75, 3.05) is 11.9 Å². The predicted molar refractivity (Wildman–Crippen MR) is 70.5 cm³/mol. The lowest BCUT2D eigenvalue weighted by Crippen LogP contribution is -2.10. The van der Waals surface area contributed by atoms with Gasteiger partial charge in [0.15, 0.2) is 0 Å². The molecular formula is C10H15BrN4O2. The number of anilines is 1. The molecule has 1 heterocycles. The van der Waals surface area contributed by atoms with Gasteiger partial charge < -0.3 is 5.32 Å². The smallest absolute Gasteiger partial charge is 0.333 e. The van der Waals surface area contributed by atoms with Gasteiger partial charge in [-0.25, -0.2) is 4.68 Å². The highest BCUT2D eigenvalue weighted by Crippen LogP contribution is 2.28. The van der Waals surface area contributed by atoms with Gasteiger partial charge in [0.25, 0.3) is 0 Å². The van der Waals surface area contributed by atoms with E-state index >= 15 is 0 Å². The molecule has 17 heavy (non-hydrogen) atoms. The number of nitro groups is 1. The minimum absolute atomic E-state index is 0.0344. The fourth-order valence-electron chi connectivity index (χ4n) is 1.52. The fraction of sp³-hybridized carbons (Fsp3) is 0.500. The maximum atomic E-state index is 11.0. The van der Waals surface area contributed by atoms with Crippen LogP contribution >= 0.6 is 15.9 Å². The monoisotopic (exact) mass is 302 g/mol. The van der Waals surface area contributed by atoms with Crippen LogP contribution < -0.4 is 5.32 Å². The second-order valence-electron chi connectivity index (χ2n) is 3.63. The Morgan fingerprint density at radius 1 is 1.71 bits per heavy atom. The highest BCUT2D eigenvalue weighted by atomic mass is 79.9. The summed E-state index contributed by atoms with van der Waals surface area (Å²) in [7, 11) is 0. The highest BCUT2D eigenvalue weighted by Gasteiger charge is 2.24. The summed E-state index contributed by atoms with van der Waals surface area (Å²) in [5.74, 6) is 0.440. The molecule has 0 unspecified atom stereocenters. The van der Waals surface area contributed by atoms with Crippen LogP contribution in [-0.4, -0.2) is 21.2 Å². The number of hydrogen-bond acceptors (Lipinski definition) is 4. The summed E-state index contributed by atoms with van der Waals surface area (Å²) in [6.45, 7) is 8.39. The number of nitrogens with zero attached hydrogens (tertiary/aromatic N) is 3. The van der Waals surface area contributed by atoms with Crippen molar-refractivity contribution in [2.24, 2.45) is 0 Å². The third kappa shape index (κ3) is 3.29. The van der Waals surface area contributed by atoms with E-state index in [1.807, 2.05) is 6.92 Å². The number of hydrogen-bond donors (Lipinski definition) is 1. The average molecular weight is 303 g/mol. The zero-order valence-corrected chi connectivity index (χ0v) is 11.5. The number of nitrogens with one attached hydrogen (secondary N) is 1. The molecule has 0 atom stereocenters. The van der Waals surface area contributed by atoms with Crippen molar-refractivity contribution in [3.05, 3.63) is 26.9 Å². The molecular weight excluding hydrogens is 288 g/mol. The maximum Gasteiger partial charge on any atom is 0.333 e. The Kier molecular flexibility index (Phi) is 4.68. The summed E-state index contributed by atoms with van der Waals surface area (Å²) in [6, 6.07) is 0. The Hall–Kier alpha value is -1.37. The Morgan fingerprint density at radius 2 is 2.35 bits per heavy atom. The van der Waals surface area contributed by atoms with Crippen LogP contribution in [0, 0.1) is 17.0 Å². The first-order chi connectivity index (χ1) is 7.97. The van der Waals surface area contributed by atoms with E-state index in [1.54, 1.807) is 11.6 Å². The molecule has 1 aromatic heterocycles. The van der Waals surface area contributed by atoms with Crippen molar-refractivity contribution in [1.82, 2.24) is 9.78 Å². The summed E-state index contributed by atoms with van der Waals surface area (Å²) in [6.07, 6.45) is 0.863. The van der Waals surface area contributed by atoms with Crippen molar-refractivity contribution in [1.29, 1.82) is 0 Å². The molecule has 0 fully saturated rings. The van der Waals surface area contributed by atoms with E-state index < -0.39 is 4.92 Å². The van der Waals surface area contributed by atoms with Crippen LogP contribution in [0.4, 0.5) is 11.5 Å². The molecule has 0 bridgehead atoms. The standard InChI is InChI=1S/C10H15BrN4O2/c1-4-5-14-10(12-6-7(2)11)9(15(16)17)8(3)13-14/h12H,2,4-6H2,1,3H3. The van der Waals surface area contributed by atoms with Crippen LogP contribution in [0.25, 0.3) is 0 Å². The molecule has 1 N–H and O–H groups in total. The van der Waals surface area contributed by atoms with Gasteiger partial charge in [0, 0.05) is 17.6 Å². The largest absolute Gasteiger partial charge is 0.360 e. The Labute approximate surface area is 108 Å². The molecule has 1 rings (SSSR count). The van der Waals surface area contributed by atoms with Gasteiger partial charge in [-0.3, -0.25) is 10.1 Å². The van der Waals surface area contributed by atoms with E-state index in [9.17, 15) is 10.1 Å². The topological polar surface area (TPSA) is 73.0 Å². The normalized spacial score (nSPS) is 10.3. The van der Waals surface area contributed by atoms with Crippen LogP contribution in [0.5, 0.6) is 0 Å². The SMILES string of the molecule is C=C(Br)CNc1c([N+](=O)[O-])c(C)nn1CCC. The Morgan fingerprint density at radius 3 is 2.82 bits per heavy atom. The number of aromatic nitrogens is 2. The maximum absolute atomic E-state index is 11.0.